The van der Waals surface area contributed by atoms with Gasteiger partial charge in [0.05, 0.1) is 9.92 Å². The topological polar surface area (TPSA) is 123 Å². The first-order valence-electron chi connectivity index (χ1n) is 8.52. The molecule has 2 aromatic rings. The first-order chi connectivity index (χ1) is 14.7. The van der Waals surface area contributed by atoms with Gasteiger partial charge < -0.3 is 14.8 Å². The lowest BCUT2D eigenvalue weighted by atomic mass is 10.2. The third-order valence-electron chi connectivity index (χ3n) is 3.82. The molecule has 2 aromatic carbocycles. The number of ether oxygens (including phenoxy) is 2. The molecule has 0 atom stereocenters. The molecule has 164 valence electrons. The van der Waals surface area contributed by atoms with E-state index in [1.807, 2.05) is 0 Å². The van der Waals surface area contributed by atoms with Gasteiger partial charge in [0.2, 0.25) is 0 Å². The summed E-state index contributed by atoms with van der Waals surface area (Å²) in [6, 6.07) is 9.73. The SMILES string of the molecule is O=C(COC(=O)CN=C1NS(=O)(=O)c2ccccc21)Nc1ccc(OC(F)F)c(Cl)c1. The Morgan fingerprint density at radius 1 is 1.19 bits per heavy atom. The Balaban J connectivity index is 1.52. The molecule has 0 saturated carbocycles. The molecule has 1 aliphatic heterocycles. The third kappa shape index (κ3) is 5.67. The summed E-state index contributed by atoms with van der Waals surface area (Å²) in [7, 11) is -3.73. The van der Waals surface area contributed by atoms with Crippen molar-refractivity contribution in [1.82, 2.24) is 4.72 Å². The van der Waals surface area contributed by atoms with Gasteiger partial charge in [0.25, 0.3) is 15.9 Å². The maximum absolute atomic E-state index is 12.2. The number of halogens is 3. The van der Waals surface area contributed by atoms with Crippen molar-refractivity contribution in [2.45, 2.75) is 11.5 Å². The molecule has 1 amide bonds. The molecule has 0 spiro atoms. The fourth-order valence-electron chi connectivity index (χ4n) is 2.55. The van der Waals surface area contributed by atoms with Crippen molar-refractivity contribution in [2.75, 3.05) is 18.5 Å². The van der Waals surface area contributed by atoms with E-state index in [9.17, 15) is 26.8 Å². The van der Waals surface area contributed by atoms with Crippen LogP contribution in [0.4, 0.5) is 14.5 Å². The van der Waals surface area contributed by atoms with Gasteiger partial charge in [-0.2, -0.15) is 8.78 Å². The molecule has 0 aliphatic carbocycles. The van der Waals surface area contributed by atoms with Crippen LogP contribution in [0.2, 0.25) is 5.02 Å². The number of sulfonamides is 1. The van der Waals surface area contributed by atoms with Crippen molar-refractivity contribution in [2.24, 2.45) is 4.99 Å². The van der Waals surface area contributed by atoms with Gasteiger partial charge in [-0.1, -0.05) is 23.7 Å². The van der Waals surface area contributed by atoms with E-state index in [0.717, 1.165) is 6.07 Å². The molecule has 9 nitrogen and oxygen atoms in total. The predicted molar refractivity (Wildman–Crippen MR) is 106 cm³/mol. The number of hydrogen-bond acceptors (Lipinski definition) is 7. The molecule has 0 fully saturated rings. The van der Waals surface area contributed by atoms with E-state index in [2.05, 4.69) is 19.8 Å². The molecule has 0 radical (unpaired) electrons. The first-order valence-corrected chi connectivity index (χ1v) is 10.4. The quantitative estimate of drug-likeness (QED) is 0.594. The monoisotopic (exact) mass is 473 g/mol. The summed E-state index contributed by atoms with van der Waals surface area (Å²) < 4.78 is 59.6. The third-order valence-corrected chi connectivity index (χ3v) is 5.52. The van der Waals surface area contributed by atoms with Gasteiger partial charge in [0.15, 0.2) is 6.61 Å². The molecule has 0 unspecified atom stereocenters. The van der Waals surface area contributed by atoms with Crippen LogP contribution in [0, 0.1) is 0 Å². The van der Waals surface area contributed by atoms with Crippen molar-refractivity contribution in [3.05, 3.63) is 53.1 Å². The molecule has 13 heteroatoms. The Kier molecular flexibility index (Phi) is 6.71. The zero-order chi connectivity index (χ0) is 22.6. The number of carbonyl (C=O) groups excluding carboxylic acids is 2. The highest BCUT2D eigenvalue weighted by Crippen LogP contribution is 2.29. The fourth-order valence-corrected chi connectivity index (χ4v) is 4.03. The number of hydrogen-bond donors (Lipinski definition) is 2. The van der Waals surface area contributed by atoms with Crippen LogP contribution in [0.1, 0.15) is 5.56 Å². The molecule has 0 aromatic heterocycles. The summed E-state index contributed by atoms with van der Waals surface area (Å²) in [6.07, 6.45) is 0. The minimum Gasteiger partial charge on any atom is -0.454 e. The molecule has 31 heavy (non-hydrogen) atoms. The minimum atomic E-state index is -3.73. The number of esters is 1. The summed E-state index contributed by atoms with van der Waals surface area (Å²) in [5.74, 6) is -1.85. The van der Waals surface area contributed by atoms with E-state index in [4.69, 9.17) is 16.3 Å². The van der Waals surface area contributed by atoms with Gasteiger partial charge in [-0.3, -0.25) is 19.3 Å². The number of nitrogens with one attached hydrogen (secondary N) is 2. The van der Waals surface area contributed by atoms with Crippen LogP contribution < -0.4 is 14.8 Å². The van der Waals surface area contributed by atoms with Crippen LogP contribution in [0.5, 0.6) is 5.75 Å². The van der Waals surface area contributed by atoms with E-state index in [1.54, 1.807) is 12.1 Å². The van der Waals surface area contributed by atoms with Crippen LogP contribution in [0.25, 0.3) is 0 Å². The van der Waals surface area contributed by atoms with Crippen LogP contribution in [-0.2, 0) is 24.3 Å². The van der Waals surface area contributed by atoms with Crippen LogP contribution >= 0.6 is 11.6 Å². The molecule has 1 aliphatic rings. The lowest BCUT2D eigenvalue weighted by Crippen LogP contribution is -2.25. The highest BCUT2D eigenvalue weighted by molar-refractivity contribution is 7.90. The zero-order valence-corrected chi connectivity index (χ0v) is 17.0. The Morgan fingerprint density at radius 2 is 1.94 bits per heavy atom. The molecule has 0 saturated heterocycles. The number of alkyl halides is 2. The van der Waals surface area contributed by atoms with Crippen LogP contribution in [0.3, 0.4) is 0 Å². The largest absolute Gasteiger partial charge is 0.454 e. The zero-order valence-electron chi connectivity index (χ0n) is 15.5. The average molecular weight is 474 g/mol. The highest BCUT2D eigenvalue weighted by Gasteiger charge is 2.30. The molecular weight excluding hydrogens is 460 g/mol. The van der Waals surface area contributed by atoms with E-state index < -0.39 is 41.7 Å². The summed E-state index contributed by atoms with van der Waals surface area (Å²) in [6.45, 7) is -4.22. The smallest absolute Gasteiger partial charge is 0.387 e. The summed E-state index contributed by atoms with van der Waals surface area (Å²) in [4.78, 5) is 27.7. The lowest BCUT2D eigenvalue weighted by molar-refractivity contribution is -0.145. The molecule has 2 N–H and O–H groups in total. The van der Waals surface area contributed by atoms with Gasteiger partial charge in [-0.05, 0) is 30.3 Å². The highest BCUT2D eigenvalue weighted by atomic mass is 35.5. The minimum absolute atomic E-state index is 0.00208. The number of nitrogens with zero attached hydrogens (tertiary/aromatic N) is 1. The number of anilines is 1. The lowest BCUT2D eigenvalue weighted by Gasteiger charge is -2.09. The second kappa shape index (κ2) is 9.27. The van der Waals surface area contributed by atoms with Gasteiger partial charge in [0, 0.05) is 11.3 Å². The maximum Gasteiger partial charge on any atom is 0.387 e. The Hall–Kier alpha value is -3.25. The van der Waals surface area contributed by atoms with E-state index in [1.165, 1.54) is 24.3 Å². The predicted octanol–water partition coefficient (Wildman–Crippen LogP) is 2.16. The summed E-state index contributed by atoms with van der Waals surface area (Å²) in [5, 5.41) is 2.22. The number of fused-ring (bicyclic) bond motifs is 1. The van der Waals surface area contributed by atoms with Gasteiger partial charge in [-0.25, -0.2) is 8.42 Å². The van der Waals surface area contributed by atoms with E-state index >= 15 is 0 Å². The normalized spacial score (nSPS) is 15.3. The fraction of sp³-hybridized carbons (Fsp3) is 0.167. The molecule has 0 bridgehead atoms. The first kappa shape index (κ1) is 22.4. The average Bonchev–Trinajstić information content (AvgIpc) is 2.97. The number of benzene rings is 2. The number of amides is 1. The number of amidine groups is 1. The molecule has 3 rings (SSSR count). The standard InChI is InChI=1S/C18H14ClF2N3O6S/c19-12-7-10(5-6-13(12)30-18(20)21)23-15(25)9-29-16(26)8-22-17-11-3-1-2-4-14(11)31(27,28)24-17/h1-7,18H,8-9H2,(H,22,24)(H,23,25). The van der Waals surface area contributed by atoms with Gasteiger partial charge in [-0.15, -0.1) is 0 Å². The molecular formula is C18H14ClF2N3O6S. The summed E-state index contributed by atoms with van der Waals surface area (Å²) in [5.41, 5.74) is 0.495. The van der Waals surface area contributed by atoms with Crippen molar-refractivity contribution in [1.29, 1.82) is 0 Å². The van der Waals surface area contributed by atoms with E-state index in [-0.39, 0.29) is 27.2 Å². The number of carbonyl (C=O) groups is 2. The van der Waals surface area contributed by atoms with Crippen LogP contribution in [-0.4, -0.2) is 45.9 Å². The Morgan fingerprint density at radius 3 is 2.65 bits per heavy atom. The number of aliphatic imine (C=N–C) groups is 1. The second-order valence-corrected chi connectivity index (χ2v) is 8.06. The summed E-state index contributed by atoms with van der Waals surface area (Å²) >= 11 is 5.79. The van der Waals surface area contributed by atoms with E-state index in [0.29, 0.717) is 5.56 Å². The maximum atomic E-state index is 12.2. The van der Waals surface area contributed by atoms with Gasteiger partial charge in [0.1, 0.15) is 18.1 Å². The van der Waals surface area contributed by atoms with Crippen molar-refractivity contribution in [3.63, 3.8) is 0 Å². The second-order valence-electron chi connectivity index (χ2n) is 6.00. The van der Waals surface area contributed by atoms with Crippen LogP contribution in [0.15, 0.2) is 52.4 Å². The van der Waals surface area contributed by atoms with Crippen molar-refractivity contribution < 1.29 is 36.3 Å². The Bertz CT molecular complexity index is 1160. The Labute approximate surface area is 180 Å². The van der Waals surface area contributed by atoms with Crippen molar-refractivity contribution >= 4 is 45.0 Å². The molecule has 1 heterocycles. The van der Waals surface area contributed by atoms with Crippen molar-refractivity contribution in [3.8, 4) is 5.75 Å². The number of rotatable bonds is 7. The van der Waals surface area contributed by atoms with Gasteiger partial charge >= 0.3 is 12.6 Å².